The molecule has 3 nitrogen and oxygen atoms in total. The average Bonchev–Trinajstić information content (AvgIpc) is 2.47. The van der Waals surface area contributed by atoms with E-state index in [0.29, 0.717) is 11.5 Å². The first-order valence-corrected chi connectivity index (χ1v) is 7.23. The monoisotopic (exact) mass is 291 g/mol. The van der Waals surface area contributed by atoms with Crippen molar-refractivity contribution in [1.82, 2.24) is 5.32 Å². The molecule has 0 aliphatic heterocycles. The maximum absolute atomic E-state index is 13.8. The van der Waals surface area contributed by atoms with Crippen molar-refractivity contribution in [3.63, 3.8) is 0 Å². The molecule has 1 aromatic rings. The van der Waals surface area contributed by atoms with E-state index in [4.69, 9.17) is 5.11 Å². The maximum atomic E-state index is 13.8. The van der Waals surface area contributed by atoms with Gasteiger partial charge in [0.1, 0.15) is 12.4 Å². The van der Waals surface area contributed by atoms with Gasteiger partial charge < -0.3 is 10.4 Å². The number of carbonyl (C=O) groups excluding carboxylic acids is 1. The summed E-state index contributed by atoms with van der Waals surface area (Å²) in [6.07, 6.45) is 1.92. The SMILES string of the molecule is CCC(CC)C(C)NC(=O)c1cc(C#CCO)ccc1F. The molecular formula is C17H22FNO2. The number of nitrogens with one attached hydrogen (secondary N) is 1. The summed E-state index contributed by atoms with van der Waals surface area (Å²) >= 11 is 0. The number of amides is 1. The van der Waals surface area contributed by atoms with Gasteiger partial charge in [0.15, 0.2) is 0 Å². The summed E-state index contributed by atoms with van der Waals surface area (Å²) in [5.41, 5.74) is 0.489. The molecule has 0 saturated carbocycles. The summed E-state index contributed by atoms with van der Waals surface area (Å²) < 4.78 is 13.8. The lowest BCUT2D eigenvalue weighted by Gasteiger charge is -2.22. The van der Waals surface area contributed by atoms with Gasteiger partial charge in [-0.2, -0.15) is 0 Å². The molecule has 0 saturated heterocycles. The molecule has 0 aliphatic rings. The molecular weight excluding hydrogens is 269 g/mol. The van der Waals surface area contributed by atoms with Crippen LogP contribution in [0.5, 0.6) is 0 Å². The van der Waals surface area contributed by atoms with Gasteiger partial charge in [0.2, 0.25) is 0 Å². The average molecular weight is 291 g/mol. The highest BCUT2D eigenvalue weighted by atomic mass is 19.1. The first-order valence-electron chi connectivity index (χ1n) is 7.23. The lowest BCUT2D eigenvalue weighted by Crippen LogP contribution is -2.38. The predicted octanol–water partition coefficient (Wildman–Crippen LogP) is 2.72. The molecule has 2 N–H and O–H groups in total. The van der Waals surface area contributed by atoms with E-state index in [1.54, 1.807) is 0 Å². The van der Waals surface area contributed by atoms with Gasteiger partial charge >= 0.3 is 0 Å². The minimum absolute atomic E-state index is 0.0147. The molecule has 0 bridgehead atoms. The number of halogens is 1. The molecule has 4 heteroatoms. The van der Waals surface area contributed by atoms with Gasteiger partial charge in [0, 0.05) is 11.6 Å². The lowest BCUT2D eigenvalue weighted by molar-refractivity contribution is 0.0921. The third-order valence-electron chi connectivity index (χ3n) is 3.64. The lowest BCUT2D eigenvalue weighted by atomic mass is 9.95. The Morgan fingerprint density at radius 3 is 2.62 bits per heavy atom. The van der Waals surface area contributed by atoms with Crippen LogP contribution in [-0.4, -0.2) is 23.7 Å². The van der Waals surface area contributed by atoms with Gasteiger partial charge in [-0.25, -0.2) is 4.39 Å². The van der Waals surface area contributed by atoms with E-state index >= 15 is 0 Å². The minimum atomic E-state index is -0.571. The van der Waals surface area contributed by atoms with Crippen LogP contribution in [0, 0.1) is 23.6 Å². The van der Waals surface area contributed by atoms with Crippen LogP contribution in [0.1, 0.15) is 49.5 Å². The fraction of sp³-hybridized carbons (Fsp3) is 0.471. The smallest absolute Gasteiger partial charge is 0.254 e. The van der Waals surface area contributed by atoms with E-state index in [0.717, 1.165) is 12.8 Å². The number of benzene rings is 1. The zero-order chi connectivity index (χ0) is 15.8. The second-order valence-corrected chi connectivity index (χ2v) is 4.99. The van der Waals surface area contributed by atoms with E-state index in [1.165, 1.54) is 18.2 Å². The molecule has 0 fully saturated rings. The van der Waals surface area contributed by atoms with Crippen molar-refractivity contribution in [2.75, 3.05) is 6.61 Å². The van der Waals surface area contributed by atoms with Crippen LogP contribution in [0.4, 0.5) is 4.39 Å². The van der Waals surface area contributed by atoms with Crippen molar-refractivity contribution in [3.05, 3.63) is 35.1 Å². The first kappa shape index (κ1) is 17.2. The van der Waals surface area contributed by atoms with Crippen LogP contribution >= 0.6 is 0 Å². The minimum Gasteiger partial charge on any atom is -0.384 e. The van der Waals surface area contributed by atoms with Crippen LogP contribution in [0.3, 0.4) is 0 Å². The van der Waals surface area contributed by atoms with Crippen molar-refractivity contribution in [1.29, 1.82) is 0 Å². The van der Waals surface area contributed by atoms with E-state index in [-0.39, 0.29) is 18.2 Å². The Morgan fingerprint density at radius 1 is 1.38 bits per heavy atom. The van der Waals surface area contributed by atoms with Crippen LogP contribution in [0.15, 0.2) is 18.2 Å². The summed E-state index contributed by atoms with van der Waals surface area (Å²) in [7, 11) is 0. The molecule has 1 atom stereocenters. The Kier molecular flexibility index (Phi) is 6.90. The van der Waals surface area contributed by atoms with Crippen molar-refractivity contribution < 1.29 is 14.3 Å². The second kappa shape index (κ2) is 8.43. The van der Waals surface area contributed by atoms with Crippen LogP contribution < -0.4 is 5.32 Å². The summed E-state index contributed by atoms with van der Waals surface area (Å²) in [6, 6.07) is 4.10. The fourth-order valence-corrected chi connectivity index (χ4v) is 2.32. The molecule has 0 heterocycles. The number of hydrogen-bond acceptors (Lipinski definition) is 2. The Labute approximate surface area is 125 Å². The van der Waals surface area contributed by atoms with E-state index in [1.807, 2.05) is 6.92 Å². The molecule has 0 aliphatic carbocycles. The number of rotatable bonds is 5. The summed E-state index contributed by atoms with van der Waals surface area (Å²) in [5, 5.41) is 11.5. The molecule has 0 spiro atoms. The van der Waals surface area contributed by atoms with E-state index in [2.05, 4.69) is 31.0 Å². The number of aliphatic hydroxyl groups excluding tert-OH is 1. The quantitative estimate of drug-likeness (QED) is 0.820. The number of carbonyl (C=O) groups is 1. The molecule has 0 aromatic heterocycles. The molecule has 0 radical (unpaired) electrons. The molecule has 1 unspecified atom stereocenters. The predicted molar refractivity (Wildman–Crippen MR) is 81.4 cm³/mol. The van der Waals surface area contributed by atoms with E-state index < -0.39 is 11.7 Å². The molecule has 1 amide bonds. The molecule has 1 aromatic carbocycles. The molecule has 1 rings (SSSR count). The van der Waals surface area contributed by atoms with Gasteiger partial charge in [-0.15, -0.1) is 0 Å². The second-order valence-electron chi connectivity index (χ2n) is 4.99. The normalized spacial score (nSPS) is 11.7. The molecule has 114 valence electrons. The third-order valence-corrected chi connectivity index (χ3v) is 3.64. The Balaban J connectivity index is 2.91. The number of hydrogen-bond donors (Lipinski definition) is 2. The van der Waals surface area contributed by atoms with Crippen LogP contribution in [0.2, 0.25) is 0 Å². The fourth-order valence-electron chi connectivity index (χ4n) is 2.32. The standard InChI is InChI=1S/C17H22FNO2/c1-4-14(5-2)12(3)19-17(21)15-11-13(7-6-10-20)8-9-16(15)18/h8-9,11-12,14,20H,4-5,10H2,1-3H3,(H,19,21). The van der Waals surface area contributed by atoms with Gasteiger partial charge in [0.05, 0.1) is 5.56 Å². The van der Waals surface area contributed by atoms with Crippen LogP contribution in [-0.2, 0) is 0 Å². The summed E-state index contributed by atoms with van der Waals surface area (Å²) in [5.74, 6) is 4.52. The van der Waals surface area contributed by atoms with Crippen molar-refractivity contribution in [2.24, 2.45) is 5.92 Å². The highest BCUT2D eigenvalue weighted by Gasteiger charge is 2.19. The largest absolute Gasteiger partial charge is 0.384 e. The number of aliphatic hydroxyl groups is 1. The summed E-state index contributed by atoms with van der Waals surface area (Å²) in [6.45, 7) is 5.80. The van der Waals surface area contributed by atoms with Gasteiger partial charge in [-0.05, 0) is 31.0 Å². The topological polar surface area (TPSA) is 49.3 Å². The highest BCUT2D eigenvalue weighted by Crippen LogP contribution is 2.15. The van der Waals surface area contributed by atoms with Crippen molar-refractivity contribution in [3.8, 4) is 11.8 Å². The van der Waals surface area contributed by atoms with Gasteiger partial charge in [0.25, 0.3) is 5.91 Å². The zero-order valence-corrected chi connectivity index (χ0v) is 12.7. The van der Waals surface area contributed by atoms with Crippen molar-refractivity contribution >= 4 is 5.91 Å². The third kappa shape index (κ3) is 4.87. The first-order chi connectivity index (χ1) is 10.0. The van der Waals surface area contributed by atoms with Crippen LogP contribution in [0.25, 0.3) is 0 Å². The maximum Gasteiger partial charge on any atom is 0.254 e. The Hall–Kier alpha value is -1.86. The Bertz CT molecular complexity index is 541. The summed E-state index contributed by atoms with van der Waals surface area (Å²) in [4.78, 5) is 12.2. The van der Waals surface area contributed by atoms with Crippen molar-refractivity contribution in [2.45, 2.75) is 39.7 Å². The van der Waals surface area contributed by atoms with E-state index in [9.17, 15) is 9.18 Å². The molecule has 21 heavy (non-hydrogen) atoms. The Morgan fingerprint density at radius 2 is 2.05 bits per heavy atom. The van der Waals surface area contributed by atoms with Gasteiger partial charge in [-0.1, -0.05) is 38.5 Å². The highest BCUT2D eigenvalue weighted by molar-refractivity contribution is 5.95. The van der Waals surface area contributed by atoms with Gasteiger partial charge in [-0.3, -0.25) is 4.79 Å². The zero-order valence-electron chi connectivity index (χ0n) is 12.7.